The molecule has 0 aromatic heterocycles. The monoisotopic (exact) mass is 215 g/mol. The van der Waals surface area contributed by atoms with Crippen LogP contribution in [0.1, 0.15) is 13.8 Å². The van der Waals surface area contributed by atoms with Crippen molar-refractivity contribution in [3.63, 3.8) is 0 Å². The van der Waals surface area contributed by atoms with Crippen LogP contribution in [0.2, 0.25) is 0 Å². The lowest BCUT2D eigenvalue weighted by molar-refractivity contribution is -0.114. The molecule has 0 heterocycles. The normalized spacial score (nSPS) is 12.0. The molecule has 14 heavy (non-hydrogen) atoms. The molecule has 2 N–H and O–H groups in total. The number of rotatable bonds is 5. The number of amides is 1. The second-order valence-corrected chi connectivity index (χ2v) is 3.27. The van der Waals surface area contributed by atoms with Gasteiger partial charge in [-0.05, 0) is 19.9 Å². The third-order valence-electron chi connectivity index (χ3n) is 1.33. The standard InChI is InChI=1S/C10H14ClNO2/c1-5-8(14-6(2)3)9(11)7(4)10(12)13/h5-6H,1,4H2,2-3H3,(H2,12,13)/b9-8-. The SMILES string of the molecule is C=C/C(OC(C)C)=C(/Cl)C(=C)C(N)=O. The molecule has 0 saturated heterocycles. The van der Waals surface area contributed by atoms with Gasteiger partial charge in [0.1, 0.15) is 5.76 Å². The van der Waals surface area contributed by atoms with Crippen LogP contribution in [0.4, 0.5) is 0 Å². The summed E-state index contributed by atoms with van der Waals surface area (Å²) in [5.74, 6) is -0.368. The maximum atomic E-state index is 10.8. The van der Waals surface area contributed by atoms with E-state index in [1.165, 1.54) is 6.08 Å². The van der Waals surface area contributed by atoms with Gasteiger partial charge in [0.15, 0.2) is 0 Å². The van der Waals surface area contributed by atoms with Crippen molar-refractivity contribution in [2.45, 2.75) is 20.0 Å². The average Bonchev–Trinajstić information content (AvgIpc) is 2.11. The molecule has 0 saturated carbocycles. The van der Waals surface area contributed by atoms with Crippen LogP contribution in [0.3, 0.4) is 0 Å². The number of carbonyl (C=O) groups excluding carboxylic acids is 1. The number of hydrogen-bond donors (Lipinski definition) is 1. The maximum absolute atomic E-state index is 10.8. The molecule has 0 aliphatic rings. The molecular weight excluding hydrogens is 202 g/mol. The van der Waals surface area contributed by atoms with Crippen molar-refractivity contribution in [1.82, 2.24) is 0 Å². The van der Waals surface area contributed by atoms with E-state index in [2.05, 4.69) is 13.2 Å². The highest BCUT2D eigenvalue weighted by atomic mass is 35.5. The van der Waals surface area contributed by atoms with Gasteiger partial charge in [-0.25, -0.2) is 0 Å². The molecular formula is C10H14ClNO2. The van der Waals surface area contributed by atoms with Gasteiger partial charge < -0.3 is 10.5 Å². The first-order chi connectivity index (χ1) is 6.40. The first-order valence-corrected chi connectivity index (χ1v) is 4.45. The minimum atomic E-state index is -0.679. The van der Waals surface area contributed by atoms with Gasteiger partial charge in [0.05, 0.1) is 16.7 Å². The van der Waals surface area contributed by atoms with Crippen LogP contribution in [0.25, 0.3) is 0 Å². The topological polar surface area (TPSA) is 52.3 Å². The summed E-state index contributed by atoms with van der Waals surface area (Å²) in [5.41, 5.74) is 5.03. The van der Waals surface area contributed by atoms with Crippen molar-refractivity contribution in [3.8, 4) is 0 Å². The third-order valence-corrected chi connectivity index (χ3v) is 1.74. The zero-order valence-electron chi connectivity index (χ0n) is 8.34. The fraction of sp³-hybridized carbons (Fsp3) is 0.300. The Hall–Kier alpha value is -1.22. The smallest absolute Gasteiger partial charge is 0.249 e. The molecule has 0 spiro atoms. The highest BCUT2D eigenvalue weighted by Crippen LogP contribution is 2.20. The predicted molar refractivity (Wildman–Crippen MR) is 57.6 cm³/mol. The summed E-state index contributed by atoms with van der Waals surface area (Å²) in [5, 5.41) is 0.0983. The summed E-state index contributed by atoms with van der Waals surface area (Å²) < 4.78 is 5.29. The highest BCUT2D eigenvalue weighted by Gasteiger charge is 2.12. The minimum absolute atomic E-state index is 0.0159. The third kappa shape index (κ3) is 3.66. The van der Waals surface area contributed by atoms with Crippen molar-refractivity contribution in [1.29, 1.82) is 0 Å². The summed E-state index contributed by atoms with van der Waals surface area (Å²) >= 11 is 5.82. The summed E-state index contributed by atoms with van der Waals surface area (Å²) in [6.45, 7) is 10.6. The second kappa shape index (κ2) is 5.50. The van der Waals surface area contributed by atoms with E-state index >= 15 is 0 Å². The van der Waals surface area contributed by atoms with E-state index < -0.39 is 5.91 Å². The summed E-state index contributed by atoms with van der Waals surface area (Å²) in [4.78, 5) is 10.8. The predicted octanol–water partition coefficient (Wildman–Crippen LogP) is 2.09. The van der Waals surface area contributed by atoms with Crippen LogP contribution in [-0.2, 0) is 9.53 Å². The largest absolute Gasteiger partial charge is 0.489 e. The minimum Gasteiger partial charge on any atom is -0.489 e. The van der Waals surface area contributed by atoms with Gasteiger partial charge >= 0.3 is 0 Å². The van der Waals surface area contributed by atoms with Gasteiger partial charge in [-0.2, -0.15) is 0 Å². The van der Waals surface area contributed by atoms with E-state index in [9.17, 15) is 4.79 Å². The Morgan fingerprint density at radius 2 is 2.07 bits per heavy atom. The number of ether oxygens (including phenoxy) is 1. The Labute approximate surface area is 88.9 Å². The molecule has 4 heteroatoms. The van der Waals surface area contributed by atoms with Crippen LogP contribution >= 0.6 is 11.6 Å². The summed E-state index contributed by atoms with van der Waals surface area (Å²) in [6, 6.07) is 0. The van der Waals surface area contributed by atoms with Gasteiger partial charge in [-0.3, -0.25) is 4.79 Å². The molecule has 0 fully saturated rings. The lowest BCUT2D eigenvalue weighted by Crippen LogP contribution is -2.14. The van der Waals surface area contributed by atoms with Crippen LogP contribution in [0.15, 0.2) is 35.6 Å². The van der Waals surface area contributed by atoms with Crippen molar-refractivity contribution < 1.29 is 9.53 Å². The Balaban J connectivity index is 4.92. The van der Waals surface area contributed by atoms with Gasteiger partial charge in [-0.15, -0.1) is 0 Å². The number of carbonyl (C=O) groups is 1. The molecule has 78 valence electrons. The van der Waals surface area contributed by atoms with Gasteiger partial charge in [0.25, 0.3) is 0 Å². The van der Waals surface area contributed by atoms with E-state index in [4.69, 9.17) is 22.1 Å². The molecule has 0 bridgehead atoms. The average molecular weight is 216 g/mol. The first kappa shape index (κ1) is 12.8. The van der Waals surface area contributed by atoms with Gasteiger partial charge in [0, 0.05) is 0 Å². The zero-order valence-corrected chi connectivity index (χ0v) is 9.10. The van der Waals surface area contributed by atoms with E-state index in [1.807, 2.05) is 13.8 Å². The molecule has 0 aliphatic heterocycles. The molecule has 0 aromatic rings. The lowest BCUT2D eigenvalue weighted by Gasteiger charge is -2.12. The van der Waals surface area contributed by atoms with Crippen LogP contribution < -0.4 is 5.73 Å². The Morgan fingerprint density at radius 1 is 1.57 bits per heavy atom. The molecule has 1 amide bonds. The quantitative estimate of drug-likeness (QED) is 0.434. The molecule has 0 radical (unpaired) electrons. The molecule has 0 rings (SSSR count). The second-order valence-electron chi connectivity index (χ2n) is 2.89. The Morgan fingerprint density at radius 3 is 2.36 bits per heavy atom. The zero-order chi connectivity index (χ0) is 11.3. The fourth-order valence-electron chi connectivity index (χ4n) is 0.700. The summed E-state index contributed by atoms with van der Waals surface area (Å²) in [6.07, 6.45) is 1.36. The molecule has 0 unspecified atom stereocenters. The first-order valence-electron chi connectivity index (χ1n) is 4.08. The van der Waals surface area contributed by atoms with E-state index in [1.54, 1.807) is 0 Å². The Kier molecular flexibility index (Phi) is 5.02. The maximum Gasteiger partial charge on any atom is 0.249 e. The number of hydrogen-bond acceptors (Lipinski definition) is 2. The number of halogens is 1. The molecule has 0 atom stereocenters. The number of primary amides is 1. The van der Waals surface area contributed by atoms with Crippen molar-refractivity contribution >= 4 is 17.5 Å². The fourth-order valence-corrected chi connectivity index (χ4v) is 0.915. The molecule has 0 aliphatic carbocycles. The number of allylic oxidation sites excluding steroid dienone is 1. The van der Waals surface area contributed by atoms with Crippen molar-refractivity contribution in [2.75, 3.05) is 0 Å². The van der Waals surface area contributed by atoms with E-state index in [0.29, 0.717) is 5.76 Å². The van der Waals surface area contributed by atoms with Gasteiger partial charge in [-0.1, -0.05) is 24.8 Å². The van der Waals surface area contributed by atoms with Crippen LogP contribution in [0, 0.1) is 0 Å². The van der Waals surface area contributed by atoms with Gasteiger partial charge in [0.2, 0.25) is 5.91 Å². The Bertz CT molecular complexity index is 292. The van der Waals surface area contributed by atoms with E-state index in [0.717, 1.165) is 0 Å². The highest BCUT2D eigenvalue weighted by molar-refractivity contribution is 6.35. The van der Waals surface area contributed by atoms with Crippen LogP contribution in [0.5, 0.6) is 0 Å². The summed E-state index contributed by atoms with van der Waals surface area (Å²) in [7, 11) is 0. The number of nitrogens with two attached hydrogens (primary N) is 1. The lowest BCUT2D eigenvalue weighted by atomic mass is 10.2. The van der Waals surface area contributed by atoms with Crippen molar-refractivity contribution in [2.24, 2.45) is 5.73 Å². The molecule has 3 nitrogen and oxygen atoms in total. The van der Waals surface area contributed by atoms with Crippen molar-refractivity contribution in [3.05, 3.63) is 35.6 Å². The van der Waals surface area contributed by atoms with E-state index in [-0.39, 0.29) is 16.7 Å². The van der Waals surface area contributed by atoms with Crippen LogP contribution in [-0.4, -0.2) is 12.0 Å². The molecule has 0 aromatic carbocycles.